The summed E-state index contributed by atoms with van der Waals surface area (Å²) < 4.78 is 36.0. The van der Waals surface area contributed by atoms with E-state index in [4.69, 9.17) is 4.74 Å². The normalized spacial score (nSPS) is 16.0. The fourth-order valence-corrected chi connectivity index (χ4v) is 5.14. The molecule has 8 nitrogen and oxygen atoms in total. The van der Waals surface area contributed by atoms with Gasteiger partial charge in [-0.3, -0.25) is 4.57 Å². The van der Waals surface area contributed by atoms with Gasteiger partial charge in [-0.15, -0.1) is 0 Å². The number of ether oxygens (including phenoxy) is 1. The zero-order valence-corrected chi connectivity index (χ0v) is 21.3. The van der Waals surface area contributed by atoms with Crippen molar-refractivity contribution in [2.24, 2.45) is 0 Å². The van der Waals surface area contributed by atoms with Crippen molar-refractivity contribution in [3.05, 3.63) is 77.5 Å². The van der Waals surface area contributed by atoms with E-state index in [9.17, 15) is 8.42 Å². The van der Waals surface area contributed by atoms with Crippen LogP contribution in [0.15, 0.2) is 66.2 Å². The number of anilines is 1. The van der Waals surface area contributed by atoms with Gasteiger partial charge in [-0.05, 0) is 44.7 Å². The molecule has 9 heteroatoms. The van der Waals surface area contributed by atoms with Gasteiger partial charge in [-0.25, -0.2) is 18.1 Å². The standard InChI is InChI=1S/C26H33N5O3S/c1-4-31-25(21(2)28-35(32,33)18-13-22-9-6-5-7-10-22)20-27-26(31)34-24-12-8-11-23(19-24)30-16-14-29(3)15-17-30/h5-13,18-21,28H,4,14-17H2,1-3H3/b18-13+. The minimum Gasteiger partial charge on any atom is -0.425 e. The number of aromatic nitrogens is 2. The van der Waals surface area contributed by atoms with Crippen LogP contribution in [0, 0.1) is 0 Å². The first-order valence-electron chi connectivity index (χ1n) is 11.9. The molecule has 35 heavy (non-hydrogen) atoms. The molecule has 1 aliphatic rings. The molecule has 186 valence electrons. The molecule has 0 bridgehead atoms. The summed E-state index contributed by atoms with van der Waals surface area (Å²) in [6, 6.07) is 17.3. The van der Waals surface area contributed by atoms with Gasteiger partial charge in [0.1, 0.15) is 5.75 Å². The first-order chi connectivity index (χ1) is 16.8. The van der Waals surface area contributed by atoms with Crippen LogP contribution < -0.4 is 14.4 Å². The van der Waals surface area contributed by atoms with Gasteiger partial charge in [-0.1, -0.05) is 36.4 Å². The van der Waals surface area contributed by atoms with Crippen molar-refractivity contribution in [3.63, 3.8) is 0 Å². The van der Waals surface area contributed by atoms with Gasteiger partial charge in [0.15, 0.2) is 0 Å². The highest BCUT2D eigenvalue weighted by Crippen LogP contribution is 2.28. The topological polar surface area (TPSA) is 79.7 Å². The largest absolute Gasteiger partial charge is 0.425 e. The summed E-state index contributed by atoms with van der Waals surface area (Å²) in [5, 5.41) is 1.19. The summed E-state index contributed by atoms with van der Waals surface area (Å²) in [6.07, 6.45) is 3.24. The molecule has 2 aromatic carbocycles. The zero-order valence-electron chi connectivity index (χ0n) is 20.5. The fraction of sp³-hybridized carbons (Fsp3) is 0.346. The van der Waals surface area contributed by atoms with E-state index in [1.165, 1.54) is 5.41 Å². The van der Waals surface area contributed by atoms with Crippen molar-refractivity contribution >= 4 is 21.8 Å². The van der Waals surface area contributed by atoms with Crippen molar-refractivity contribution < 1.29 is 13.2 Å². The molecule has 1 aromatic heterocycles. The maximum absolute atomic E-state index is 12.6. The number of nitrogens with zero attached hydrogens (tertiary/aromatic N) is 4. The smallest absolute Gasteiger partial charge is 0.302 e. The van der Waals surface area contributed by atoms with E-state index in [1.54, 1.807) is 19.2 Å². The number of hydrogen-bond donors (Lipinski definition) is 1. The fourth-order valence-electron chi connectivity index (χ4n) is 4.11. The quantitative estimate of drug-likeness (QED) is 0.482. The number of likely N-dealkylation sites (N-methyl/N-ethyl adjacent to an activating group) is 1. The van der Waals surface area contributed by atoms with Gasteiger partial charge >= 0.3 is 6.01 Å². The number of benzene rings is 2. The average Bonchev–Trinajstić information content (AvgIpc) is 3.26. The third-order valence-electron chi connectivity index (χ3n) is 6.09. The molecule has 3 aromatic rings. The van der Waals surface area contributed by atoms with Gasteiger partial charge < -0.3 is 14.5 Å². The second-order valence-corrected chi connectivity index (χ2v) is 10.3. The van der Waals surface area contributed by atoms with Gasteiger partial charge in [0.25, 0.3) is 0 Å². The van der Waals surface area contributed by atoms with Crippen LogP contribution in [0.3, 0.4) is 0 Å². The first kappa shape index (κ1) is 25.0. The van der Waals surface area contributed by atoms with Gasteiger partial charge in [0.05, 0.1) is 17.9 Å². The molecule has 1 atom stereocenters. The van der Waals surface area contributed by atoms with E-state index >= 15 is 0 Å². The Kier molecular flexibility index (Phi) is 7.90. The number of nitrogens with one attached hydrogen (secondary N) is 1. The highest BCUT2D eigenvalue weighted by Gasteiger charge is 2.20. The lowest BCUT2D eigenvalue weighted by molar-refractivity contribution is 0.312. The van der Waals surface area contributed by atoms with E-state index in [0.29, 0.717) is 18.3 Å². The summed E-state index contributed by atoms with van der Waals surface area (Å²) in [6.45, 7) is 8.39. The summed E-state index contributed by atoms with van der Waals surface area (Å²) in [7, 11) is -1.51. The third kappa shape index (κ3) is 6.50. The molecule has 4 rings (SSSR count). The summed E-state index contributed by atoms with van der Waals surface area (Å²) >= 11 is 0. The number of piperazine rings is 1. The van der Waals surface area contributed by atoms with Crippen LogP contribution in [0.2, 0.25) is 0 Å². The monoisotopic (exact) mass is 495 g/mol. The molecule has 0 amide bonds. The number of sulfonamides is 1. The molecule has 1 unspecified atom stereocenters. The summed E-state index contributed by atoms with van der Waals surface area (Å²) in [5.74, 6) is 0.701. The van der Waals surface area contributed by atoms with Gasteiger partial charge in [-0.2, -0.15) is 0 Å². The molecule has 1 saturated heterocycles. The SMILES string of the molecule is CCn1c(C(C)NS(=O)(=O)/C=C/c2ccccc2)cnc1Oc1cccc(N2CCN(C)CC2)c1. The Bertz CT molecular complexity index is 1250. The van der Waals surface area contributed by atoms with Crippen molar-refractivity contribution in [2.75, 3.05) is 38.1 Å². The highest BCUT2D eigenvalue weighted by atomic mass is 32.2. The lowest BCUT2D eigenvalue weighted by Crippen LogP contribution is -2.44. The molecule has 0 spiro atoms. The van der Waals surface area contributed by atoms with Crippen LogP contribution in [-0.4, -0.2) is 56.1 Å². The highest BCUT2D eigenvalue weighted by molar-refractivity contribution is 7.92. The van der Waals surface area contributed by atoms with Gasteiger partial charge in [0, 0.05) is 49.9 Å². The Labute approximate surface area is 207 Å². The minimum atomic E-state index is -3.65. The van der Waals surface area contributed by atoms with Crippen LogP contribution in [0.1, 0.15) is 31.1 Å². The predicted molar refractivity (Wildman–Crippen MR) is 140 cm³/mol. The molecule has 1 fully saturated rings. The molecule has 1 N–H and O–H groups in total. The van der Waals surface area contributed by atoms with E-state index in [0.717, 1.165) is 43.1 Å². The van der Waals surface area contributed by atoms with Crippen molar-refractivity contribution in [1.82, 2.24) is 19.2 Å². The lowest BCUT2D eigenvalue weighted by atomic mass is 10.2. The van der Waals surface area contributed by atoms with E-state index in [1.807, 2.05) is 60.0 Å². The molecule has 0 aliphatic carbocycles. The van der Waals surface area contributed by atoms with E-state index in [2.05, 4.69) is 32.6 Å². The van der Waals surface area contributed by atoms with E-state index < -0.39 is 16.1 Å². The summed E-state index contributed by atoms with van der Waals surface area (Å²) in [5.41, 5.74) is 2.67. The Balaban J connectivity index is 1.46. The average molecular weight is 496 g/mol. The van der Waals surface area contributed by atoms with Crippen molar-refractivity contribution in [2.45, 2.75) is 26.4 Å². The number of rotatable bonds is 9. The maximum Gasteiger partial charge on any atom is 0.302 e. The van der Waals surface area contributed by atoms with Crippen LogP contribution >= 0.6 is 0 Å². The molecule has 0 saturated carbocycles. The zero-order chi connectivity index (χ0) is 24.8. The molecular weight excluding hydrogens is 462 g/mol. The van der Waals surface area contributed by atoms with Crippen LogP contribution in [0.4, 0.5) is 5.69 Å². The predicted octanol–water partition coefficient (Wildman–Crippen LogP) is 4.10. The first-order valence-corrected chi connectivity index (χ1v) is 13.4. The second-order valence-electron chi connectivity index (χ2n) is 8.70. The van der Waals surface area contributed by atoms with Crippen LogP contribution in [-0.2, 0) is 16.6 Å². The Morgan fingerprint density at radius 2 is 1.83 bits per heavy atom. The van der Waals surface area contributed by atoms with Crippen LogP contribution in [0.5, 0.6) is 11.8 Å². The summed E-state index contributed by atoms with van der Waals surface area (Å²) in [4.78, 5) is 9.12. The molecular formula is C26H33N5O3S. The Morgan fingerprint density at radius 1 is 1.09 bits per heavy atom. The van der Waals surface area contributed by atoms with Crippen molar-refractivity contribution in [1.29, 1.82) is 0 Å². The van der Waals surface area contributed by atoms with Gasteiger partial charge in [0.2, 0.25) is 10.0 Å². The number of imidazole rings is 1. The molecule has 1 aliphatic heterocycles. The molecule has 0 radical (unpaired) electrons. The Morgan fingerprint density at radius 3 is 2.54 bits per heavy atom. The number of hydrogen-bond acceptors (Lipinski definition) is 6. The van der Waals surface area contributed by atoms with Crippen molar-refractivity contribution in [3.8, 4) is 11.8 Å². The minimum absolute atomic E-state index is 0.434. The Hall–Kier alpha value is -3.14. The van der Waals surface area contributed by atoms with Crippen LogP contribution in [0.25, 0.3) is 6.08 Å². The second kappa shape index (κ2) is 11.1. The maximum atomic E-state index is 12.6. The van der Waals surface area contributed by atoms with E-state index in [-0.39, 0.29) is 0 Å². The third-order valence-corrected chi connectivity index (χ3v) is 7.26. The lowest BCUT2D eigenvalue weighted by Gasteiger charge is -2.34. The molecule has 2 heterocycles.